The van der Waals surface area contributed by atoms with Crippen LogP contribution in [0.2, 0.25) is 0 Å². The van der Waals surface area contributed by atoms with Gasteiger partial charge in [0.15, 0.2) is 0 Å². The molecular weight excluding hydrogens is 274 g/mol. The van der Waals surface area contributed by atoms with Crippen LogP contribution >= 0.6 is 0 Å². The summed E-state index contributed by atoms with van der Waals surface area (Å²) in [6.07, 6.45) is 10.2. The molecule has 5 heteroatoms. The minimum Gasteiger partial charge on any atom is -0.367 e. The molecule has 0 amide bonds. The van der Waals surface area contributed by atoms with E-state index >= 15 is 0 Å². The van der Waals surface area contributed by atoms with Gasteiger partial charge in [0.1, 0.15) is 17.8 Å². The van der Waals surface area contributed by atoms with Crippen LogP contribution in [0.3, 0.4) is 0 Å². The summed E-state index contributed by atoms with van der Waals surface area (Å²) >= 11 is 0. The van der Waals surface area contributed by atoms with E-state index in [1.165, 1.54) is 48.7 Å². The standard InChI is InChI=1S/C17H25N5/c1-22(2)12-8-6-11(7-9-12)20-16-15-13-4-3-5-14(13)21-17(15)19-10-18-16/h10-12H,3-9H2,1-2H3,(H2,18,19,20,21)/t11-,12-. The molecule has 2 heterocycles. The van der Waals surface area contributed by atoms with E-state index in [1.807, 2.05) is 0 Å². The monoisotopic (exact) mass is 299 g/mol. The summed E-state index contributed by atoms with van der Waals surface area (Å²) in [6.45, 7) is 0. The normalized spacial score (nSPS) is 24.9. The summed E-state index contributed by atoms with van der Waals surface area (Å²) < 4.78 is 0. The Kier molecular flexibility index (Phi) is 3.53. The minimum atomic E-state index is 0.543. The molecule has 2 aliphatic carbocycles. The van der Waals surface area contributed by atoms with Gasteiger partial charge in [-0.05, 0) is 64.6 Å². The Hall–Kier alpha value is -1.62. The lowest BCUT2D eigenvalue weighted by atomic mass is 9.90. The zero-order chi connectivity index (χ0) is 15.1. The number of H-pyrrole nitrogens is 1. The molecule has 0 saturated heterocycles. The van der Waals surface area contributed by atoms with Gasteiger partial charge in [-0.1, -0.05) is 0 Å². The van der Waals surface area contributed by atoms with Gasteiger partial charge in [0.25, 0.3) is 0 Å². The number of aryl methyl sites for hydroxylation is 2. The maximum absolute atomic E-state index is 4.55. The lowest BCUT2D eigenvalue weighted by molar-refractivity contribution is 0.221. The predicted molar refractivity (Wildman–Crippen MR) is 89.3 cm³/mol. The van der Waals surface area contributed by atoms with Crippen molar-refractivity contribution in [2.45, 2.75) is 57.0 Å². The summed E-state index contributed by atoms with van der Waals surface area (Å²) in [5, 5.41) is 4.95. The smallest absolute Gasteiger partial charge is 0.143 e. The van der Waals surface area contributed by atoms with Crippen molar-refractivity contribution in [3.05, 3.63) is 17.6 Å². The Labute approximate surface area is 131 Å². The Morgan fingerprint density at radius 1 is 1.14 bits per heavy atom. The number of hydrogen-bond acceptors (Lipinski definition) is 4. The SMILES string of the molecule is CN(C)[C@H]1CC[C@H](Nc2ncnc3[nH]c4c(c23)CCC4)CC1. The van der Waals surface area contributed by atoms with Crippen LogP contribution in [0, 0.1) is 0 Å². The maximum atomic E-state index is 4.55. The van der Waals surface area contributed by atoms with Gasteiger partial charge in [0, 0.05) is 17.8 Å². The Balaban J connectivity index is 1.55. The molecule has 0 radical (unpaired) electrons. The second-order valence-corrected chi connectivity index (χ2v) is 6.99. The first kappa shape index (κ1) is 14.0. The van der Waals surface area contributed by atoms with Crippen LogP contribution < -0.4 is 5.32 Å². The topological polar surface area (TPSA) is 56.8 Å². The van der Waals surface area contributed by atoms with Gasteiger partial charge < -0.3 is 15.2 Å². The number of anilines is 1. The van der Waals surface area contributed by atoms with Crippen molar-refractivity contribution < 1.29 is 0 Å². The minimum absolute atomic E-state index is 0.543. The highest BCUT2D eigenvalue weighted by Gasteiger charge is 2.25. The van der Waals surface area contributed by atoms with E-state index in [1.54, 1.807) is 6.33 Å². The molecule has 1 saturated carbocycles. The van der Waals surface area contributed by atoms with Crippen molar-refractivity contribution in [2.24, 2.45) is 0 Å². The Morgan fingerprint density at radius 3 is 2.73 bits per heavy atom. The fraction of sp³-hybridized carbons (Fsp3) is 0.647. The highest BCUT2D eigenvalue weighted by molar-refractivity contribution is 5.92. The summed E-state index contributed by atoms with van der Waals surface area (Å²) in [4.78, 5) is 14.8. The van der Waals surface area contributed by atoms with Crippen LogP contribution in [-0.2, 0) is 12.8 Å². The zero-order valence-corrected chi connectivity index (χ0v) is 13.5. The molecule has 1 fully saturated rings. The molecular formula is C17H25N5. The van der Waals surface area contributed by atoms with E-state index in [9.17, 15) is 0 Å². The van der Waals surface area contributed by atoms with Gasteiger partial charge >= 0.3 is 0 Å². The quantitative estimate of drug-likeness (QED) is 0.915. The first-order valence-corrected chi connectivity index (χ1v) is 8.50. The van der Waals surface area contributed by atoms with Crippen molar-refractivity contribution in [1.82, 2.24) is 19.9 Å². The van der Waals surface area contributed by atoms with E-state index in [2.05, 4.69) is 39.3 Å². The Bertz CT molecular complexity index is 667. The molecule has 118 valence electrons. The molecule has 2 N–H and O–H groups in total. The van der Waals surface area contributed by atoms with Crippen molar-refractivity contribution >= 4 is 16.9 Å². The van der Waals surface area contributed by atoms with Crippen molar-refractivity contribution in [3.63, 3.8) is 0 Å². The van der Waals surface area contributed by atoms with Gasteiger partial charge in [-0.25, -0.2) is 9.97 Å². The van der Waals surface area contributed by atoms with E-state index in [4.69, 9.17) is 0 Å². The van der Waals surface area contributed by atoms with Crippen LogP contribution in [0.5, 0.6) is 0 Å². The molecule has 0 aliphatic heterocycles. The third kappa shape index (κ3) is 2.37. The van der Waals surface area contributed by atoms with Gasteiger partial charge in [-0.3, -0.25) is 0 Å². The third-order valence-electron chi connectivity index (χ3n) is 5.40. The van der Waals surface area contributed by atoms with Crippen LogP contribution in [0.1, 0.15) is 43.4 Å². The summed E-state index contributed by atoms with van der Waals surface area (Å²) in [5.41, 5.74) is 3.82. The van der Waals surface area contributed by atoms with Crippen LogP contribution in [0.25, 0.3) is 11.0 Å². The summed E-state index contributed by atoms with van der Waals surface area (Å²) in [7, 11) is 4.38. The summed E-state index contributed by atoms with van der Waals surface area (Å²) in [5.74, 6) is 1.04. The molecule has 0 spiro atoms. The number of rotatable bonds is 3. The zero-order valence-electron chi connectivity index (χ0n) is 13.5. The van der Waals surface area contributed by atoms with E-state index in [0.717, 1.165) is 30.3 Å². The number of aromatic nitrogens is 3. The second kappa shape index (κ2) is 5.54. The number of nitrogens with zero attached hydrogens (tertiary/aromatic N) is 3. The predicted octanol–water partition coefficient (Wildman–Crippen LogP) is 2.73. The average molecular weight is 299 g/mol. The van der Waals surface area contributed by atoms with Crippen LogP contribution in [0.4, 0.5) is 5.82 Å². The maximum Gasteiger partial charge on any atom is 0.143 e. The molecule has 4 rings (SSSR count). The van der Waals surface area contributed by atoms with Gasteiger partial charge in [-0.2, -0.15) is 0 Å². The molecule has 0 bridgehead atoms. The lowest BCUT2D eigenvalue weighted by Gasteiger charge is -2.33. The Morgan fingerprint density at radius 2 is 1.95 bits per heavy atom. The van der Waals surface area contributed by atoms with Crippen molar-refractivity contribution in [1.29, 1.82) is 0 Å². The first-order valence-electron chi connectivity index (χ1n) is 8.50. The number of aromatic amines is 1. The first-order chi connectivity index (χ1) is 10.7. The van der Waals surface area contributed by atoms with Gasteiger partial charge in [0.2, 0.25) is 0 Å². The molecule has 0 unspecified atom stereocenters. The van der Waals surface area contributed by atoms with Crippen LogP contribution in [-0.4, -0.2) is 46.0 Å². The van der Waals surface area contributed by atoms with E-state index < -0.39 is 0 Å². The van der Waals surface area contributed by atoms with E-state index in [-0.39, 0.29) is 0 Å². The third-order valence-corrected chi connectivity index (χ3v) is 5.40. The van der Waals surface area contributed by atoms with Gasteiger partial charge in [-0.15, -0.1) is 0 Å². The fourth-order valence-electron chi connectivity index (χ4n) is 4.11. The largest absolute Gasteiger partial charge is 0.367 e. The molecule has 0 aromatic carbocycles. The molecule has 22 heavy (non-hydrogen) atoms. The fourth-order valence-corrected chi connectivity index (χ4v) is 4.11. The average Bonchev–Trinajstić information content (AvgIpc) is 3.08. The lowest BCUT2D eigenvalue weighted by Crippen LogP contribution is -2.36. The number of nitrogens with one attached hydrogen (secondary N) is 2. The molecule has 2 aromatic rings. The summed E-state index contributed by atoms with van der Waals surface area (Å²) in [6, 6.07) is 1.28. The van der Waals surface area contributed by atoms with E-state index in [0.29, 0.717) is 6.04 Å². The molecule has 2 aliphatic rings. The van der Waals surface area contributed by atoms with Crippen molar-refractivity contribution in [3.8, 4) is 0 Å². The number of fused-ring (bicyclic) bond motifs is 3. The molecule has 2 aromatic heterocycles. The highest BCUT2D eigenvalue weighted by Crippen LogP contribution is 2.34. The van der Waals surface area contributed by atoms with Gasteiger partial charge in [0.05, 0.1) is 5.39 Å². The molecule has 5 nitrogen and oxygen atoms in total. The van der Waals surface area contributed by atoms with Crippen molar-refractivity contribution in [2.75, 3.05) is 19.4 Å². The second-order valence-electron chi connectivity index (χ2n) is 6.99. The molecule has 0 atom stereocenters. The highest BCUT2D eigenvalue weighted by atomic mass is 15.1. The number of hydrogen-bond donors (Lipinski definition) is 2. The van der Waals surface area contributed by atoms with Crippen LogP contribution in [0.15, 0.2) is 6.33 Å².